The van der Waals surface area contributed by atoms with Crippen LogP contribution < -0.4 is 5.32 Å². The minimum atomic E-state index is -1.20. The number of likely N-dealkylation sites (tertiary alicyclic amines) is 1. The van der Waals surface area contributed by atoms with Gasteiger partial charge in [-0.3, -0.25) is 14.5 Å². The molecule has 1 aromatic carbocycles. The van der Waals surface area contributed by atoms with E-state index in [-0.39, 0.29) is 16.9 Å². The number of hydrogen-bond donors (Lipinski definition) is 4. The van der Waals surface area contributed by atoms with E-state index in [2.05, 4.69) is 36.0 Å². The number of anilines is 1. The average molecular weight is 440 g/mol. The van der Waals surface area contributed by atoms with Crippen molar-refractivity contribution in [3.63, 3.8) is 0 Å². The zero-order chi connectivity index (χ0) is 23.3. The summed E-state index contributed by atoms with van der Waals surface area (Å²) in [5, 5.41) is 22.3. The number of nitrogens with one attached hydrogen (secondary N) is 2. The van der Waals surface area contributed by atoms with Gasteiger partial charge in [-0.25, -0.2) is 4.79 Å². The van der Waals surface area contributed by atoms with Gasteiger partial charge in [0.15, 0.2) is 0 Å². The van der Waals surface area contributed by atoms with Gasteiger partial charge in [-0.15, -0.1) is 0 Å². The summed E-state index contributed by atoms with van der Waals surface area (Å²) in [4.78, 5) is 40.2. The molecule has 8 heteroatoms. The molecule has 1 aliphatic carbocycles. The fourth-order valence-electron chi connectivity index (χ4n) is 6.04. The zero-order valence-electron chi connectivity index (χ0n) is 18.5. The summed E-state index contributed by atoms with van der Waals surface area (Å²) in [6.07, 6.45) is 6.55. The molecular weight excluding hydrogens is 410 g/mol. The Labute approximate surface area is 186 Å². The third-order valence-corrected chi connectivity index (χ3v) is 6.67. The number of nitrogens with zero attached hydrogens (tertiary/aromatic N) is 1. The van der Waals surface area contributed by atoms with Crippen LogP contribution in [0.5, 0.6) is 0 Å². The average Bonchev–Trinajstić information content (AvgIpc) is 3.17. The lowest BCUT2D eigenvalue weighted by atomic mass is 9.65. The van der Waals surface area contributed by atoms with Crippen LogP contribution in [0.4, 0.5) is 5.69 Å². The Balaban J connectivity index is 1.62. The lowest BCUT2D eigenvalue weighted by molar-refractivity contribution is -0.144. The van der Waals surface area contributed by atoms with E-state index in [1.807, 2.05) is 0 Å². The van der Waals surface area contributed by atoms with Crippen LogP contribution in [0.2, 0.25) is 0 Å². The molecule has 170 valence electrons. The van der Waals surface area contributed by atoms with Crippen molar-refractivity contribution in [2.75, 3.05) is 11.9 Å². The van der Waals surface area contributed by atoms with Crippen LogP contribution in [-0.2, 0) is 14.4 Å². The molecular formula is C24H29N3O5. The fourth-order valence-corrected chi connectivity index (χ4v) is 6.04. The number of carboxylic acids is 2. The highest BCUT2D eigenvalue weighted by Gasteiger charge is 2.52. The quantitative estimate of drug-likeness (QED) is 0.508. The molecule has 1 saturated carbocycles. The fraction of sp³-hybridized carbons (Fsp3) is 0.458. The van der Waals surface area contributed by atoms with Crippen molar-refractivity contribution in [3.05, 3.63) is 42.1 Å². The number of aromatic nitrogens is 1. The predicted octanol–water partition coefficient (Wildman–Crippen LogP) is 3.77. The topological polar surface area (TPSA) is 123 Å². The van der Waals surface area contributed by atoms with Crippen LogP contribution in [0.25, 0.3) is 10.9 Å². The van der Waals surface area contributed by atoms with E-state index < -0.39 is 23.9 Å². The standard InChI is InChI=1S/C24H29N3O5/c1-23(2)9-15-10-24(3,12-23)13-27(15)21(22(31)32)17-11-25-18-8-14(4-5-16(17)18)26-19(28)6-7-20(29)30/h4-8,11,15,21,25H,9-10,12-13H2,1-3H3,(H,26,28)(H,29,30)(H,31,32)/b7-6+/t15-,21+,24-/m0/s1. The summed E-state index contributed by atoms with van der Waals surface area (Å²) in [5.41, 5.74) is 2.22. The highest BCUT2D eigenvalue weighted by atomic mass is 16.4. The van der Waals surface area contributed by atoms with Gasteiger partial charge in [-0.05, 0) is 42.2 Å². The Morgan fingerprint density at radius 2 is 1.94 bits per heavy atom. The van der Waals surface area contributed by atoms with E-state index in [1.54, 1.807) is 24.4 Å². The number of carboxylic acid groups (broad SMARTS) is 2. The molecule has 4 N–H and O–H groups in total. The van der Waals surface area contributed by atoms with Gasteiger partial charge in [0.2, 0.25) is 5.91 Å². The summed E-state index contributed by atoms with van der Waals surface area (Å²) in [7, 11) is 0. The van der Waals surface area contributed by atoms with Gasteiger partial charge in [-0.2, -0.15) is 0 Å². The first-order valence-electron chi connectivity index (χ1n) is 10.8. The van der Waals surface area contributed by atoms with Gasteiger partial charge in [0, 0.05) is 53.1 Å². The number of hydrogen-bond acceptors (Lipinski definition) is 4. The van der Waals surface area contributed by atoms with Crippen molar-refractivity contribution in [1.82, 2.24) is 9.88 Å². The molecule has 1 aliphatic heterocycles. The summed E-state index contributed by atoms with van der Waals surface area (Å²) < 4.78 is 0. The number of fused-ring (bicyclic) bond motifs is 3. The van der Waals surface area contributed by atoms with Gasteiger partial charge >= 0.3 is 11.9 Å². The first-order chi connectivity index (χ1) is 15.0. The molecule has 2 bridgehead atoms. The van der Waals surface area contributed by atoms with Gasteiger partial charge < -0.3 is 20.5 Å². The molecule has 8 nitrogen and oxygen atoms in total. The van der Waals surface area contributed by atoms with Gasteiger partial charge in [0.25, 0.3) is 0 Å². The van der Waals surface area contributed by atoms with Crippen LogP contribution in [-0.4, -0.2) is 50.5 Å². The Hall–Kier alpha value is -3.13. The molecule has 2 aromatic rings. The van der Waals surface area contributed by atoms with E-state index >= 15 is 0 Å². The first-order valence-corrected chi connectivity index (χ1v) is 10.8. The summed E-state index contributed by atoms with van der Waals surface area (Å²) >= 11 is 0. The second-order valence-corrected chi connectivity index (χ2v) is 10.3. The molecule has 1 aromatic heterocycles. The Kier molecular flexibility index (Phi) is 5.36. The third kappa shape index (κ3) is 4.27. The monoisotopic (exact) mass is 439 g/mol. The van der Waals surface area contributed by atoms with Crippen molar-refractivity contribution in [3.8, 4) is 0 Å². The third-order valence-electron chi connectivity index (χ3n) is 6.67. The Morgan fingerprint density at radius 1 is 1.19 bits per heavy atom. The number of carbonyl (C=O) groups is 3. The highest BCUT2D eigenvalue weighted by molar-refractivity contribution is 6.03. The smallest absolute Gasteiger partial charge is 0.328 e. The maximum atomic E-state index is 12.5. The minimum Gasteiger partial charge on any atom is -0.480 e. The molecule has 2 aliphatic rings. The van der Waals surface area contributed by atoms with Gasteiger partial charge in [0.05, 0.1) is 0 Å². The van der Waals surface area contributed by atoms with Crippen molar-refractivity contribution in [2.24, 2.45) is 10.8 Å². The van der Waals surface area contributed by atoms with Crippen LogP contribution in [0, 0.1) is 10.8 Å². The normalized spacial score (nSPS) is 25.8. The van der Waals surface area contributed by atoms with Gasteiger partial charge in [-0.1, -0.05) is 26.8 Å². The second-order valence-electron chi connectivity index (χ2n) is 10.3. The maximum Gasteiger partial charge on any atom is 0.328 e. The molecule has 1 amide bonds. The molecule has 0 spiro atoms. The number of aliphatic carboxylic acids is 2. The number of rotatable bonds is 6. The lowest BCUT2D eigenvalue weighted by Gasteiger charge is -2.40. The Morgan fingerprint density at radius 3 is 2.62 bits per heavy atom. The van der Waals surface area contributed by atoms with Crippen molar-refractivity contribution in [2.45, 2.75) is 52.1 Å². The summed E-state index contributed by atoms with van der Waals surface area (Å²) in [6, 6.07) is 4.69. The predicted molar refractivity (Wildman–Crippen MR) is 120 cm³/mol. The number of carbonyl (C=O) groups excluding carboxylic acids is 1. The van der Waals surface area contributed by atoms with Crippen LogP contribution >= 0.6 is 0 Å². The number of H-pyrrole nitrogens is 1. The lowest BCUT2D eigenvalue weighted by Crippen LogP contribution is -2.39. The zero-order valence-corrected chi connectivity index (χ0v) is 18.5. The summed E-state index contributed by atoms with van der Waals surface area (Å²) in [5.74, 6) is -2.62. The van der Waals surface area contributed by atoms with E-state index in [0.29, 0.717) is 16.8 Å². The molecule has 3 atom stereocenters. The van der Waals surface area contributed by atoms with E-state index in [1.165, 1.54) is 0 Å². The van der Waals surface area contributed by atoms with Crippen LogP contribution in [0.3, 0.4) is 0 Å². The van der Waals surface area contributed by atoms with E-state index in [0.717, 1.165) is 43.3 Å². The summed E-state index contributed by atoms with van der Waals surface area (Å²) in [6.45, 7) is 7.56. The Bertz CT molecular complexity index is 1120. The van der Waals surface area contributed by atoms with Crippen molar-refractivity contribution >= 4 is 34.4 Å². The first kappa shape index (κ1) is 22.1. The molecule has 2 fully saturated rings. The maximum absolute atomic E-state index is 12.5. The molecule has 4 rings (SSSR count). The molecule has 1 saturated heterocycles. The highest BCUT2D eigenvalue weighted by Crippen LogP contribution is 2.54. The molecule has 32 heavy (non-hydrogen) atoms. The molecule has 2 heterocycles. The van der Waals surface area contributed by atoms with Crippen LogP contribution in [0.15, 0.2) is 36.5 Å². The largest absolute Gasteiger partial charge is 0.480 e. The second kappa shape index (κ2) is 7.78. The van der Waals surface area contributed by atoms with Crippen molar-refractivity contribution < 1.29 is 24.6 Å². The molecule has 0 unspecified atom stereocenters. The van der Waals surface area contributed by atoms with E-state index in [9.17, 15) is 19.5 Å². The van der Waals surface area contributed by atoms with E-state index in [4.69, 9.17) is 5.11 Å². The van der Waals surface area contributed by atoms with Crippen LogP contribution in [0.1, 0.15) is 51.6 Å². The van der Waals surface area contributed by atoms with Gasteiger partial charge in [0.1, 0.15) is 6.04 Å². The molecule has 0 radical (unpaired) electrons. The number of benzene rings is 1. The van der Waals surface area contributed by atoms with Crippen molar-refractivity contribution in [1.29, 1.82) is 0 Å². The number of amides is 1. The SMILES string of the molecule is CC1(C)C[C@H]2C[C@](C)(CN2[C@@H](C(=O)O)c2c[nH]c3cc(NC(=O)/C=C/C(=O)O)ccc23)C1. The minimum absolute atomic E-state index is 0.118. The number of aromatic amines is 1.